The summed E-state index contributed by atoms with van der Waals surface area (Å²) in [5, 5.41) is 3.32. The van der Waals surface area contributed by atoms with Crippen molar-refractivity contribution in [1.29, 1.82) is 0 Å². The van der Waals surface area contributed by atoms with Crippen molar-refractivity contribution < 1.29 is 4.79 Å². The fraction of sp³-hybridized carbons (Fsp3) is 0.381. The van der Waals surface area contributed by atoms with Gasteiger partial charge in [-0.05, 0) is 30.5 Å². The van der Waals surface area contributed by atoms with Crippen LogP contribution < -0.4 is 5.32 Å². The van der Waals surface area contributed by atoms with Gasteiger partial charge in [0.25, 0.3) is 0 Å². The molecule has 0 saturated carbocycles. The maximum atomic E-state index is 12.0. The third-order valence-electron chi connectivity index (χ3n) is 5.32. The first-order valence-corrected chi connectivity index (χ1v) is 8.62. The fourth-order valence-corrected chi connectivity index (χ4v) is 4.12. The second-order valence-electron chi connectivity index (χ2n) is 6.99. The van der Waals surface area contributed by atoms with E-state index in [0.717, 1.165) is 13.0 Å². The van der Waals surface area contributed by atoms with Crippen LogP contribution >= 0.6 is 0 Å². The van der Waals surface area contributed by atoms with Crippen LogP contribution in [0.4, 0.5) is 0 Å². The van der Waals surface area contributed by atoms with Gasteiger partial charge in [-0.2, -0.15) is 0 Å². The molecular weight excluding hydrogens is 296 g/mol. The third-order valence-corrected chi connectivity index (χ3v) is 5.32. The molecule has 1 N–H and O–H groups in total. The summed E-state index contributed by atoms with van der Waals surface area (Å²) in [6, 6.07) is 21.3. The Kier molecular flexibility index (Phi) is 4.72. The SMILES string of the molecule is CC(=O)NC1(c2ccccc2)CC(c2ccccc2)N(C)CC1C. The van der Waals surface area contributed by atoms with Crippen molar-refractivity contribution in [1.82, 2.24) is 10.2 Å². The summed E-state index contributed by atoms with van der Waals surface area (Å²) in [5.41, 5.74) is 2.17. The molecule has 126 valence electrons. The fourth-order valence-electron chi connectivity index (χ4n) is 4.12. The van der Waals surface area contributed by atoms with E-state index in [0.29, 0.717) is 5.92 Å². The largest absolute Gasteiger partial charge is 0.346 e. The van der Waals surface area contributed by atoms with E-state index in [1.807, 2.05) is 12.1 Å². The van der Waals surface area contributed by atoms with Gasteiger partial charge in [0.2, 0.25) is 5.91 Å². The molecule has 24 heavy (non-hydrogen) atoms. The molecule has 3 rings (SSSR count). The highest BCUT2D eigenvalue weighted by atomic mass is 16.1. The summed E-state index contributed by atoms with van der Waals surface area (Å²) in [6.45, 7) is 4.79. The van der Waals surface area contributed by atoms with Crippen LogP contribution in [0.25, 0.3) is 0 Å². The van der Waals surface area contributed by atoms with E-state index in [2.05, 4.69) is 72.7 Å². The molecule has 1 aliphatic rings. The molecule has 1 amide bonds. The van der Waals surface area contributed by atoms with Crippen LogP contribution in [0, 0.1) is 5.92 Å². The minimum atomic E-state index is -0.333. The molecule has 0 spiro atoms. The number of likely N-dealkylation sites (tertiary alicyclic amines) is 1. The van der Waals surface area contributed by atoms with E-state index < -0.39 is 0 Å². The number of nitrogens with one attached hydrogen (secondary N) is 1. The van der Waals surface area contributed by atoms with Crippen molar-refractivity contribution in [2.24, 2.45) is 5.92 Å². The Hall–Kier alpha value is -2.13. The Morgan fingerprint density at radius 2 is 1.67 bits per heavy atom. The first-order valence-electron chi connectivity index (χ1n) is 8.62. The average Bonchev–Trinajstić information content (AvgIpc) is 2.58. The molecule has 1 saturated heterocycles. The molecule has 2 aromatic rings. The summed E-state index contributed by atoms with van der Waals surface area (Å²) in [5.74, 6) is 0.357. The minimum Gasteiger partial charge on any atom is -0.346 e. The zero-order valence-electron chi connectivity index (χ0n) is 14.7. The molecule has 3 atom stereocenters. The van der Waals surface area contributed by atoms with Crippen LogP contribution in [0.3, 0.4) is 0 Å². The van der Waals surface area contributed by atoms with Crippen molar-refractivity contribution >= 4 is 5.91 Å². The molecule has 1 fully saturated rings. The zero-order valence-corrected chi connectivity index (χ0v) is 14.7. The van der Waals surface area contributed by atoms with E-state index in [1.165, 1.54) is 11.1 Å². The molecule has 2 aromatic carbocycles. The number of amides is 1. The lowest BCUT2D eigenvalue weighted by Crippen LogP contribution is -2.57. The number of hydrogen-bond acceptors (Lipinski definition) is 2. The third kappa shape index (κ3) is 3.09. The monoisotopic (exact) mass is 322 g/mol. The Morgan fingerprint density at radius 3 is 2.25 bits per heavy atom. The molecule has 3 nitrogen and oxygen atoms in total. The molecule has 3 heteroatoms. The Labute approximate surface area is 144 Å². The van der Waals surface area contributed by atoms with E-state index in [4.69, 9.17) is 0 Å². The van der Waals surface area contributed by atoms with Gasteiger partial charge in [0.1, 0.15) is 0 Å². The summed E-state index contributed by atoms with van der Waals surface area (Å²) in [6.07, 6.45) is 0.873. The maximum Gasteiger partial charge on any atom is 0.217 e. The highest BCUT2D eigenvalue weighted by molar-refractivity contribution is 5.74. The number of nitrogens with zero attached hydrogens (tertiary/aromatic N) is 1. The minimum absolute atomic E-state index is 0.0297. The Morgan fingerprint density at radius 1 is 1.08 bits per heavy atom. The molecule has 0 radical (unpaired) electrons. The summed E-state index contributed by atoms with van der Waals surface area (Å²) < 4.78 is 0. The highest BCUT2D eigenvalue weighted by Gasteiger charge is 2.46. The molecule has 0 aromatic heterocycles. The van der Waals surface area contributed by atoms with Gasteiger partial charge in [0, 0.05) is 19.5 Å². The number of benzene rings is 2. The van der Waals surface area contributed by atoms with Crippen LogP contribution in [0.15, 0.2) is 60.7 Å². The second kappa shape index (κ2) is 6.78. The lowest BCUT2D eigenvalue weighted by molar-refractivity contribution is -0.123. The summed E-state index contributed by atoms with van der Waals surface area (Å²) >= 11 is 0. The van der Waals surface area contributed by atoms with E-state index in [1.54, 1.807) is 6.92 Å². The number of piperidine rings is 1. The van der Waals surface area contributed by atoms with Gasteiger partial charge in [-0.3, -0.25) is 9.69 Å². The van der Waals surface area contributed by atoms with Gasteiger partial charge in [0.05, 0.1) is 5.54 Å². The van der Waals surface area contributed by atoms with Crippen molar-refractivity contribution in [3.05, 3.63) is 71.8 Å². The summed E-state index contributed by atoms with van der Waals surface area (Å²) in [7, 11) is 2.18. The number of hydrogen-bond donors (Lipinski definition) is 1. The highest BCUT2D eigenvalue weighted by Crippen LogP contribution is 2.44. The number of carbonyl (C=O) groups is 1. The van der Waals surface area contributed by atoms with Crippen molar-refractivity contribution in [2.75, 3.05) is 13.6 Å². The van der Waals surface area contributed by atoms with Crippen LogP contribution in [-0.4, -0.2) is 24.4 Å². The smallest absolute Gasteiger partial charge is 0.217 e. The molecule has 1 heterocycles. The van der Waals surface area contributed by atoms with Crippen LogP contribution in [-0.2, 0) is 10.3 Å². The maximum absolute atomic E-state index is 12.0. The van der Waals surface area contributed by atoms with Gasteiger partial charge in [-0.15, -0.1) is 0 Å². The van der Waals surface area contributed by atoms with E-state index >= 15 is 0 Å². The van der Waals surface area contributed by atoms with E-state index in [-0.39, 0.29) is 17.5 Å². The summed E-state index contributed by atoms with van der Waals surface area (Å²) in [4.78, 5) is 14.4. The molecule has 0 bridgehead atoms. The topological polar surface area (TPSA) is 32.3 Å². The first-order chi connectivity index (χ1) is 11.5. The first kappa shape index (κ1) is 16.7. The zero-order chi connectivity index (χ0) is 17.2. The molecule has 0 aliphatic carbocycles. The second-order valence-corrected chi connectivity index (χ2v) is 6.99. The number of rotatable bonds is 3. The lowest BCUT2D eigenvalue weighted by Gasteiger charge is -2.50. The quantitative estimate of drug-likeness (QED) is 0.934. The van der Waals surface area contributed by atoms with Gasteiger partial charge in [-0.25, -0.2) is 0 Å². The van der Waals surface area contributed by atoms with Crippen molar-refractivity contribution in [3.8, 4) is 0 Å². The van der Waals surface area contributed by atoms with Crippen LogP contribution in [0.5, 0.6) is 0 Å². The van der Waals surface area contributed by atoms with Gasteiger partial charge in [0.15, 0.2) is 0 Å². The van der Waals surface area contributed by atoms with E-state index in [9.17, 15) is 4.79 Å². The average molecular weight is 322 g/mol. The van der Waals surface area contributed by atoms with Crippen LogP contribution in [0.2, 0.25) is 0 Å². The van der Waals surface area contributed by atoms with Gasteiger partial charge >= 0.3 is 0 Å². The Balaban J connectivity index is 2.05. The predicted octanol–water partition coefficient (Wildman–Crippen LogP) is 3.73. The molecule has 1 aliphatic heterocycles. The van der Waals surface area contributed by atoms with Gasteiger partial charge in [-0.1, -0.05) is 67.6 Å². The predicted molar refractivity (Wildman–Crippen MR) is 97.5 cm³/mol. The number of carbonyl (C=O) groups excluding carboxylic acids is 1. The molecule has 3 unspecified atom stereocenters. The Bertz CT molecular complexity index is 685. The lowest BCUT2D eigenvalue weighted by atomic mass is 9.70. The molecular formula is C21H26N2O. The van der Waals surface area contributed by atoms with Crippen molar-refractivity contribution in [2.45, 2.75) is 31.8 Å². The van der Waals surface area contributed by atoms with Crippen LogP contribution in [0.1, 0.15) is 37.4 Å². The van der Waals surface area contributed by atoms with Gasteiger partial charge < -0.3 is 5.32 Å². The normalized spacial score (nSPS) is 27.6. The standard InChI is InChI=1S/C21H26N2O/c1-16-15-23(3)20(18-10-6-4-7-11-18)14-21(16,22-17(2)24)19-12-8-5-9-13-19/h4-13,16,20H,14-15H2,1-3H3,(H,22,24). The van der Waals surface area contributed by atoms with Crippen molar-refractivity contribution in [3.63, 3.8) is 0 Å².